The van der Waals surface area contributed by atoms with Gasteiger partial charge in [0.05, 0.1) is 5.41 Å². The SMILES string of the molecule is Cc1cc(N2CCN(C(=O)C3(c4ccc(Cl)cc4)CCC3)CC2)nc(C)n1. The number of aryl methyl sites for hydroxylation is 2. The Hall–Kier alpha value is -2.14. The summed E-state index contributed by atoms with van der Waals surface area (Å²) in [5, 5.41) is 0.713. The third kappa shape index (κ3) is 3.41. The molecule has 0 radical (unpaired) electrons. The summed E-state index contributed by atoms with van der Waals surface area (Å²) in [5.74, 6) is 2.02. The number of nitrogens with zero attached hydrogens (tertiary/aromatic N) is 4. The summed E-state index contributed by atoms with van der Waals surface area (Å²) in [6.07, 6.45) is 2.96. The first kappa shape index (κ1) is 18.2. The Bertz CT molecular complexity index is 820. The second-order valence-electron chi connectivity index (χ2n) is 7.64. The summed E-state index contributed by atoms with van der Waals surface area (Å²) in [6.45, 7) is 6.98. The first-order valence-electron chi connectivity index (χ1n) is 9.61. The van der Waals surface area contributed by atoms with Crippen LogP contribution in [0.15, 0.2) is 30.3 Å². The largest absolute Gasteiger partial charge is 0.353 e. The van der Waals surface area contributed by atoms with Crippen molar-refractivity contribution in [2.45, 2.75) is 38.5 Å². The van der Waals surface area contributed by atoms with Crippen molar-refractivity contribution in [1.29, 1.82) is 0 Å². The van der Waals surface area contributed by atoms with Crippen LogP contribution in [0.5, 0.6) is 0 Å². The van der Waals surface area contributed by atoms with Gasteiger partial charge in [0.1, 0.15) is 11.6 Å². The fraction of sp³-hybridized carbons (Fsp3) is 0.476. The lowest BCUT2D eigenvalue weighted by atomic mass is 9.63. The molecule has 1 aliphatic carbocycles. The van der Waals surface area contributed by atoms with E-state index in [2.05, 4.69) is 14.9 Å². The molecule has 1 aromatic carbocycles. The normalized spacial score (nSPS) is 18.9. The second-order valence-corrected chi connectivity index (χ2v) is 8.07. The number of aromatic nitrogens is 2. The van der Waals surface area contributed by atoms with Crippen molar-refractivity contribution in [3.05, 3.63) is 52.4 Å². The number of hydrogen-bond acceptors (Lipinski definition) is 4. The molecular weight excluding hydrogens is 360 g/mol. The van der Waals surface area contributed by atoms with Gasteiger partial charge in [-0.1, -0.05) is 30.2 Å². The highest BCUT2D eigenvalue weighted by Gasteiger charge is 2.47. The van der Waals surface area contributed by atoms with Crippen LogP contribution in [0.4, 0.5) is 5.82 Å². The Kier molecular flexibility index (Phi) is 4.81. The standard InChI is InChI=1S/C21H25ClN4O/c1-15-14-19(24-16(2)23-15)25-10-12-26(13-11-25)20(27)21(8-3-9-21)17-4-6-18(22)7-5-17/h4-7,14H,3,8-13H2,1-2H3. The number of benzene rings is 1. The molecular formula is C21H25ClN4O. The predicted octanol–water partition coefficient (Wildman–Crippen LogP) is 3.52. The minimum Gasteiger partial charge on any atom is -0.353 e. The van der Waals surface area contributed by atoms with Crippen LogP contribution >= 0.6 is 11.6 Å². The molecule has 1 saturated heterocycles. The van der Waals surface area contributed by atoms with E-state index in [1.807, 2.05) is 49.1 Å². The minimum atomic E-state index is -0.352. The molecule has 2 heterocycles. The Balaban J connectivity index is 1.47. The van der Waals surface area contributed by atoms with Gasteiger partial charge >= 0.3 is 0 Å². The van der Waals surface area contributed by atoms with Crippen molar-refractivity contribution < 1.29 is 4.79 Å². The monoisotopic (exact) mass is 384 g/mol. The first-order valence-corrected chi connectivity index (χ1v) is 9.98. The molecule has 0 atom stereocenters. The van der Waals surface area contributed by atoms with E-state index in [9.17, 15) is 4.79 Å². The van der Waals surface area contributed by atoms with E-state index in [0.29, 0.717) is 5.02 Å². The van der Waals surface area contributed by atoms with E-state index < -0.39 is 0 Å². The number of carbonyl (C=O) groups is 1. The highest BCUT2D eigenvalue weighted by Crippen LogP contribution is 2.45. The smallest absolute Gasteiger partial charge is 0.233 e. The molecule has 0 spiro atoms. The molecule has 2 aliphatic rings. The molecule has 1 amide bonds. The van der Waals surface area contributed by atoms with E-state index in [-0.39, 0.29) is 11.3 Å². The van der Waals surface area contributed by atoms with Crippen molar-refractivity contribution in [3.63, 3.8) is 0 Å². The number of amides is 1. The van der Waals surface area contributed by atoms with Crippen LogP contribution in [-0.4, -0.2) is 47.0 Å². The number of halogens is 1. The third-order valence-electron chi connectivity index (χ3n) is 5.86. The van der Waals surface area contributed by atoms with Crippen LogP contribution in [0.2, 0.25) is 5.02 Å². The van der Waals surface area contributed by atoms with Crippen molar-refractivity contribution in [2.75, 3.05) is 31.1 Å². The quantitative estimate of drug-likeness (QED) is 0.812. The molecule has 1 aromatic heterocycles. The van der Waals surface area contributed by atoms with E-state index in [1.54, 1.807) is 0 Å². The van der Waals surface area contributed by atoms with Crippen LogP contribution in [0, 0.1) is 13.8 Å². The summed E-state index contributed by atoms with van der Waals surface area (Å²) in [7, 11) is 0. The molecule has 27 heavy (non-hydrogen) atoms. The summed E-state index contributed by atoms with van der Waals surface area (Å²) >= 11 is 6.04. The minimum absolute atomic E-state index is 0.269. The number of piperazine rings is 1. The van der Waals surface area contributed by atoms with Gasteiger partial charge in [0.15, 0.2) is 0 Å². The first-order chi connectivity index (χ1) is 13.0. The molecule has 2 aromatic rings. The van der Waals surface area contributed by atoms with Gasteiger partial charge in [-0.3, -0.25) is 4.79 Å². The molecule has 142 valence electrons. The van der Waals surface area contributed by atoms with Crippen molar-refractivity contribution in [3.8, 4) is 0 Å². The number of hydrogen-bond donors (Lipinski definition) is 0. The molecule has 1 aliphatic heterocycles. The van der Waals surface area contributed by atoms with Crippen LogP contribution in [-0.2, 0) is 10.2 Å². The van der Waals surface area contributed by atoms with Crippen LogP contribution in [0.25, 0.3) is 0 Å². The predicted molar refractivity (Wildman–Crippen MR) is 107 cm³/mol. The number of rotatable bonds is 3. The molecule has 4 rings (SSSR count). The zero-order valence-corrected chi connectivity index (χ0v) is 16.7. The summed E-state index contributed by atoms with van der Waals surface area (Å²) in [5.41, 5.74) is 1.73. The van der Waals surface area contributed by atoms with Crippen LogP contribution in [0.1, 0.15) is 36.3 Å². The summed E-state index contributed by atoms with van der Waals surface area (Å²) in [4.78, 5) is 26.6. The van der Waals surface area contributed by atoms with Crippen LogP contribution < -0.4 is 4.90 Å². The van der Waals surface area contributed by atoms with Gasteiger partial charge in [-0.2, -0.15) is 0 Å². The number of anilines is 1. The van der Waals surface area contributed by atoms with Gasteiger partial charge in [-0.25, -0.2) is 9.97 Å². The average molecular weight is 385 g/mol. The Morgan fingerprint density at radius 2 is 1.70 bits per heavy atom. The maximum atomic E-state index is 13.4. The van der Waals surface area contributed by atoms with Crippen LogP contribution in [0.3, 0.4) is 0 Å². The zero-order chi connectivity index (χ0) is 19.0. The lowest BCUT2D eigenvalue weighted by Crippen LogP contribution is -2.57. The molecule has 1 saturated carbocycles. The highest BCUT2D eigenvalue weighted by molar-refractivity contribution is 6.30. The maximum Gasteiger partial charge on any atom is 0.233 e. The lowest BCUT2D eigenvalue weighted by Gasteiger charge is -2.46. The van der Waals surface area contributed by atoms with Gasteiger partial charge in [0.25, 0.3) is 0 Å². The fourth-order valence-corrected chi connectivity index (χ4v) is 4.35. The average Bonchev–Trinajstić information content (AvgIpc) is 2.61. The van der Waals surface area contributed by atoms with E-state index >= 15 is 0 Å². The summed E-state index contributed by atoms with van der Waals surface area (Å²) in [6, 6.07) is 9.83. The van der Waals surface area contributed by atoms with E-state index in [0.717, 1.165) is 68.3 Å². The van der Waals surface area contributed by atoms with Crippen molar-refractivity contribution in [1.82, 2.24) is 14.9 Å². The molecule has 2 fully saturated rings. The van der Waals surface area contributed by atoms with Gasteiger partial charge < -0.3 is 9.80 Å². The van der Waals surface area contributed by atoms with Gasteiger partial charge in [0.2, 0.25) is 5.91 Å². The third-order valence-corrected chi connectivity index (χ3v) is 6.11. The fourth-order valence-electron chi connectivity index (χ4n) is 4.23. The number of carbonyl (C=O) groups excluding carboxylic acids is 1. The van der Waals surface area contributed by atoms with E-state index in [4.69, 9.17) is 11.6 Å². The highest BCUT2D eigenvalue weighted by atomic mass is 35.5. The molecule has 5 nitrogen and oxygen atoms in total. The van der Waals surface area contributed by atoms with Crippen molar-refractivity contribution >= 4 is 23.3 Å². The Morgan fingerprint density at radius 1 is 1.04 bits per heavy atom. The Labute approximate surface area is 165 Å². The van der Waals surface area contributed by atoms with E-state index in [1.165, 1.54) is 0 Å². The van der Waals surface area contributed by atoms with Gasteiger partial charge in [-0.05, 0) is 44.4 Å². The topological polar surface area (TPSA) is 49.3 Å². The maximum absolute atomic E-state index is 13.4. The molecule has 0 bridgehead atoms. The zero-order valence-electron chi connectivity index (χ0n) is 15.9. The van der Waals surface area contributed by atoms with Gasteiger partial charge in [0, 0.05) is 43.0 Å². The van der Waals surface area contributed by atoms with Gasteiger partial charge in [-0.15, -0.1) is 0 Å². The summed E-state index contributed by atoms with van der Waals surface area (Å²) < 4.78 is 0. The molecule has 6 heteroatoms. The second kappa shape index (κ2) is 7.12. The molecule has 0 N–H and O–H groups in total. The Morgan fingerprint density at radius 3 is 2.26 bits per heavy atom. The molecule has 0 unspecified atom stereocenters. The van der Waals surface area contributed by atoms with Crippen molar-refractivity contribution in [2.24, 2.45) is 0 Å². The lowest BCUT2D eigenvalue weighted by molar-refractivity contribution is -0.141.